The third-order valence-corrected chi connectivity index (χ3v) is 4.57. The lowest BCUT2D eigenvalue weighted by atomic mass is 10.1. The smallest absolute Gasteiger partial charge is 0.114 e. The second-order valence-corrected chi connectivity index (χ2v) is 6.63. The highest BCUT2D eigenvalue weighted by molar-refractivity contribution is 4.88. The minimum Gasteiger partial charge on any atom is -0.394 e. The molecule has 0 aromatic rings. The molecule has 5 heteroatoms. The lowest BCUT2D eigenvalue weighted by Gasteiger charge is -2.24. The van der Waals surface area contributed by atoms with Crippen LogP contribution in [0.1, 0.15) is 64.7 Å². The van der Waals surface area contributed by atoms with E-state index in [1.165, 1.54) is 44.9 Å². The van der Waals surface area contributed by atoms with Gasteiger partial charge in [0.25, 0.3) is 0 Å². The first-order valence-corrected chi connectivity index (χ1v) is 9.52. The van der Waals surface area contributed by atoms with E-state index in [4.69, 9.17) is 9.47 Å². The first-order valence-electron chi connectivity index (χ1n) is 9.52. The van der Waals surface area contributed by atoms with Gasteiger partial charge in [-0.15, -0.1) is 0 Å². The number of ether oxygens (including phenoxy) is 2. The fourth-order valence-electron chi connectivity index (χ4n) is 3.03. The van der Waals surface area contributed by atoms with Crippen LogP contribution in [0.5, 0.6) is 0 Å². The van der Waals surface area contributed by atoms with Gasteiger partial charge in [0.05, 0.1) is 13.2 Å². The first kappa shape index (κ1) is 21.6. The van der Waals surface area contributed by atoms with Gasteiger partial charge >= 0.3 is 0 Å². The van der Waals surface area contributed by atoms with Crippen molar-refractivity contribution in [1.29, 1.82) is 0 Å². The molecule has 0 aromatic carbocycles. The molecule has 1 aliphatic heterocycles. The Hall–Kier alpha value is -0.460. The molecule has 0 spiro atoms. The van der Waals surface area contributed by atoms with Gasteiger partial charge in [-0.25, -0.2) is 0 Å². The van der Waals surface area contributed by atoms with Crippen molar-refractivity contribution in [3.8, 4) is 0 Å². The molecule has 24 heavy (non-hydrogen) atoms. The van der Waals surface area contributed by atoms with E-state index >= 15 is 0 Å². The molecule has 1 aliphatic rings. The third kappa shape index (κ3) is 8.58. The van der Waals surface area contributed by atoms with Crippen molar-refractivity contribution in [2.45, 2.75) is 89.1 Å². The van der Waals surface area contributed by atoms with E-state index in [1.54, 1.807) is 0 Å². The molecule has 0 amide bonds. The van der Waals surface area contributed by atoms with Crippen LogP contribution in [0, 0.1) is 0 Å². The molecule has 1 saturated heterocycles. The Kier molecular flexibility index (Phi) is 12.4. The van der Waals surface area contributed by atoms with Gasteiger partial charge in [-0.1, -0.05) is 50.7 Å². The molecular weight excluding hydrogens is 308 g/mol. The van der Waals surface area contributed by atoms with E-state index in [1.807, 2.05) is 0 Å². The van der Waals surface area contributed by atoms with Crippen LogP contribution in [0.4, 0.5) is 0 Å². The predicted molar refractivity (Wildman–Crippen MR) is 94.9 cm³/mol. The highest BCUT2D eigenvalue weighted by Gasteiger charge is 2.40. The highest BCUT2D eigenvalue weighted by Crippen LogP contribution is 2.20. The van der Waals surface area contributed by atoms with Crippen LogP contribution in [0.25, 0.3) is 0 Å². The summed E-state index contributed by atoms with van der Waals surface area (Å²) in [5.41, 5.74) is 0. The summed E-state index contributed by atoms with van der Waals surface area (Å²) in [5, 5.41) is 28.6. The molecule has 1 rings (SSSR count). The van der Waals surface area contributed by atoms with E-state index in [2.05, 4.69) is 19.1 Å². The third-order valence-electron chi connectivity index (χ3n) is 4.57. The minimum absolute atomic E-state index is 0.0976. The van der Waals surface area contributed by atoms with Crippen LogP contribution < -0.4 is 0 Å². The van der Waals surface area contributed by atoms with Gasteiger partial charge < -0.3 is 24.8 Å². The number of rotatable bonds is 14. The summed E-state index contributed by atoms with van der Waals surface area (Å²) in [6, 6.07) is 0. The van der Waals surface area contributed by atoms with Crippen LogP contribution in [-0.4, -0.2) is 59.6 Å². The maximum absolute atomic E-state index is 9.78. The summed E-state index contributed by atoms with van der Waals surface area (Å²) in [6.07, 6.45) is 12.3. The second kappa shape index (κ2) is 13.8. The highest BCUT2D eigenvalue weighted by atomic mass is 16.6. The lowest BCUT2D eigenvalue weighted by molar-refractivity contribution is -0.101. The van der Waals surface area contributed by atoms with Gasteiger partial charge in [-0.2, -0.15) is 0 Å². The summed E-state index contributed by atoms with van der Waals surface area (Å²) in [6.45, 7) is 2.51. The monoisotopic (exact) mass is 344 g/mol. The van der Waals surface area contributed by atoms with Gasteiger partial charge in [0.15, 0.2) is 0 Å². The molecule has 0 bridgehead atoms. The number of hydrogen-bond acceptors (Lipinski definition) is 5. The normalized spacial score (nSPS) is 25.6. The number of hydrogen-bond donors (Lipinski definition) is 3. The zero-order valence-electron chi connectivity index (χ0n) is 15.1. The molecule has 3 N–H and O–H groups in total. The first-order chi connectivity index (χ1) is 11.7. The fraction of sp³-hybridized carbons (Fsp3) is 0.895. The summed E-state index contributed by atoms with van der Waals surface area (Å²) in [7, 11) is 0. The molecule has 5 nitrogen and oxygen atoms in total. The predicted octanol–water partition coefficient (Wildman–Crippen LogP) is 2.57. The molecule has 0 aromatic heterocycles. The topological polar surface area (TPSA) is 79.2 Å². The number of unbranched alkanes of at least 4 members (excludes halogenated alkanes) is 8. The fourth-order valence-corrected chi connectivity index (χ4v) is 3.03. The minimum atomic E-state index is -0.977. The van der Waals surface area contributed by atoms with E-state index in [0.29, 0.717) is 6.61 Å². The maximum atomic E-state index is 9.78. The summed E-state index contributed by atoms with van der Waals surface area (Å²) in [4.78, 5) is 0. The molecule has 0 aliphatic carbocycles. The molecule has 1 heterocycles. The Morgan fingerprint density at radius 2 is 1.67 bits per heavy atom. The van der Waals surface area contributed by atoms with Crippen molar-refractivity contribution in [1.82, 2.24) is 0 Å². The van der Waals surface area contributed by atoms with Crippen molar-refractivity contribution in [3.63, 3.8) is 0 Å². The summed E-state index contributed by atoms with van der Waals surface area (Å²) < 4.78 is 10.9. The van der Waals surface area contributed by atoms with Crippen molar-refractivity contribution in [2.75, 3.05) is 19.8 Å². The van der Waals surface area contributed by atoms with Crippen molar-refractivity contribution >= 4 is 0 Å². The second-order valence-electron chi connectivity index (χ2n) is 6.63. The lowest BCUT2D eigenvalue weighted by Crippen LogP contribution is -2.42. The average molecular weight is 344 g/mol. The zero-order chi connectivity index (χ0) is 17.6. The molecule has 0 radical (unpaired) electrons. The molecule has 4 atom stereocenters. The molecule has 0 saturated carbocycles. The van der Waals surface area contributed by atoms with Crippen LogP contribution in [0.2, 0.25) is 0 Å². The molecule has 142 valence electrons. The Balaban J connectivity index is 1.94. The number of aliphatic hydroxyl groups is 3. The van der Waals surface area contributed by atoms with Gasteiger partial charge in [0.1, 0.15) is 24.4 Å². The Labute approximate surface area is 146 Å². The van der Waals surface area contributed by atoms with Gasteiger partial charge in [-0.05, 0) is 26.2 Å². The van der Waals surface area contributed by atoms with Crippen LogP contribution in [0.3, 0.4) is 0 Å². The SMILES string of the molecule is C/C=C/CCCCCCCCCCO[C@@H](CO)[C@H]1OC[C@@H](O)[C@H]1O. The van der Waals surface area contributed by atoms with Crippen LogP contribution in [-0.2, 0) is 9.47 Å². The van der Waals surface area contributed by atoms with E-state index in [9.17, 15) is 15.3 Å². The zero-order valence-corrected chi connectivity index (χ0v) is 15.1. The number of aliphatic hydroxyl groups excluding tert-OH is 3. The van der Waals surface area contributed by atoms with Gasteiger partial charge in [0.2, 0.25) is 0 Å². The maximum Gasteiger partial charge on any atom is 0.114 e. The average Bonchev–Trinajstić information content (AvgIpc) is 2.92. The standard InChI is InChI=1S/C19H36O5/c1-2-3-4-5-6-7-8-9-10-11-12-13-23-17(14-20)19-18(22)16(21)15-24-19/h2-3,16-22H,4-15H2,1H3/b3-2+/t16-,17+,18-,19-/m1/s1. The van der Waals surface area contributed by atoms with Crippen LogP contribution >= 0.6 is 0 Å². The van der Waals surface area contributed by atoms with Gasteiger partial charge in [0, 0.05) is 6.61 Å². The molecule has 1 fully saturated rings. The number of allylic oxidation sites excluding steroid dienone is 2. The van der Waals surface area contributed by atoms with Crippen molar-refractivity contribution in [2.24, 2.45) is 0 Å². The quantitative estimate of drug-likeness (QED) is 0.333. The van der Waals surface area contributed by atoms with E-state index in [-0.39, 0.29) is 13.2 Å². The molecule has 0 unspecified atom stereocenters. The van der Waals surface area contributed by atoms with Crippen LogP contribution in [0.15, 0.2) is 12.2 Å². The van der Waals surface area contributed by atoms with Gasteiger partial charge in [-0.3, -0.25) is 0 Å². The Bertz CT molecular complexity index is 321. The van der Waals surface area contributed by atoms with Crippen molar-refractivity contribution < 1.29 is 24.8 Å². The summed E-state index contributed by atoms with van der Waals surface area (Å²) >= 11 is 0. The largest absolute Gasteiger partial charge is 0.394 e. The summed E-state index contributed by atoms with van der Waals surface area (Å²) in [5.74, 6) is 0. The Morgan fingerprint density at radius 1 is 1.04 bits per heavy atom. The van der Waals surface area contributed by atoms with E-state index in [0.717, 1.165) is 12.8 Å². The van der Waals surface area contributed by atoms with Crippen molar-refractivity contribution in [3.05, 3.63) is 12.2 Å². The Morgan fingerprint density at radius 3 is 2.21 bits per heavy atom. The molecular formula is C19H36O5. The van der Waals surface area contributed by atoms with E-state index < -0.39 is 24.4 Å².